The Morgan fingerprint density at radius 3 is 2.07 bits per heavy atom. The molecule has 0 radical (unpaired) electrons. The number of halogens is 2. The van der Waals surface area contributed by atoms with Crippen molar-refractivity contribution in [3.05, 3.63) is 117 Å². The molecule has 0 bridgehead atoms. The molecule has 242 valence electrons. The molecule has 12 heteroatoms. The molecule has 0 unspecified atom stereocenters. The largest absolute Gasteiger partial charge is 0.478 e. The van der Waals surface area contributed by atoms with Crippen LogP contribution in [0.25, 0.3) is 0 Å². The van der Waals surface area contributed by atoms with Gasteiger partial charge in [-0.1, -0.05) is 57.4 Å². The van der Waals surface area contributed by atoms with E-state index in [1.165, 1.54) is 36.4 Å². The van der Waals surface area contributed by atoms with Crippen molar-refractivity contribution in [2.45, 2.75) is 31.6 Å². The summed E-state index contributed by atoms with van der Waals surface area (Å²) in [5.41, 5.74) is 7.42. The first-order valence-corrected chi connectivity index (χ1v) is 15.1. The number of ether oxygens (including phenoxy) is 3. The van der Waals surface area contributed by atoms with Gasteiger partial charge < -0.3 is 25.1 Å². The van der Waals surface area contributed by atoms with E-state index in [1.807, 2.05) is 4.90 Å². The number of rotatable bonds is 12. The summed E-state index contributed by atoms with van der Waals surface area (Å²) < 4.78 is 31.8. The molecule has 0 aliphatic carbocycles. The predicted molar refractivity (Wildman–Crippen MR) is 169 cm³/mol. The van der Waals surface area contributed by atoms with Crippen LogP contribution in [0.15, 0.2) is 83.9 Å². The number of hydrogen-bond donors (Lipinski definition) is 2. The Kier molecular flexibility index (Phi) is 11.1. The molecule has 3 N–H and O–H groups in total. The lowest BCUT2D eigenvalue weighted by atomic mass is 9.81. The quantitative estimate of drug-likeness (QED) is 0.157. The first-order chi connectivity index (χ1) is 21.8. The molecule has 0 amide bonds. The van der Waals surface area contributed by atoms with E-state index in [-0.39, 0.29) is 29.8 Å². The fourth-order valence-corrected chi connectivity index (χ4v) is 5.57. The number of carbonyl (C=O) groups is 4. The number of esters is 3. The fraction of sp³-hybridized carbons (Fsp3) is 0.294. The highest BCUT2D eigenvalue weighted by Crippen LogP contribution is 2.37. The van der Waals surface area contributed by atoms with Crippen molar-refractivity contribution >= 4 is 39.8 Å². The molecule has 46 heavy (non-hydrogen) atoms. The molecule has 3 aromatic carbocycles. The van der Waals surface area contributed by atoms with E-state index in [2.05, 4.69) is 22.5 Å². The second-order valence-electron chi connectivity index (χ2n) is 11.2. The molecule has 1 heterocycles. The lowest BCUT2D eigenvalue weighted by Gasteiger charge is -2.32. The normalized spacial score (nSPS) is 19.1. The van der Waals surface area contributed by atoms with Crippen LogP contribution in [0.5, 0.6) is 0 Å². The second kappa shape index (κ2) is 14.8. The predicted octanol–water partition coefficient (Wildman–Crippen LogP) is 4.56. The molecule has 4 rings (SSSR count). The van der Waals surface area contributed by atoms with Gasteiger partial charge in [-0.3, -0.25) is 4.90 Å². The van der Waals surface area contributed by atoms with Gasteiger partial charge in [-0.15, -0.1) is 6.58 Å². The van der Waals surface area contributed by atoms with E-state index < -0.39 is 60.0 Å². The van der Waals surface area contributed by atoms with Gasteiger partial charge in [0.1, 0.15) is 5.82 Å². The third-order valence-electron chi connectivity index (χ3n) is 7.73. The number of aliphatic carboxylic acids is 1. The molecule has 4 atom stereocenters. The van der Waals surface area contributed by atoms with Gasteiger partial charge in [0.15, 0.2) is 0 Å². The van der Waals surface area contributed by atoms with Crippen LogP contribution in [-0.4, -0.2) is 72.3 Å². The monoisotopic (exact) mass is 696 g/mol. The minimum Gasteiger partial charge on any atom is -0.478 e. The van der Waals surface area contributed by atoms with Crippen molar-refractivity contribution in [3.63, 3.8) is 0 Å². The Hall–Kier alpha value is -4.39. The van der Waals surface area contributed by atoms with Gasteiger partial charge in [0.25, 0.3) is 0 Å². The van der Waals surface area contributed by atoms with Crippen LogP contribution in [0.4, 0.5) is 4.39 Å². The van der Waals surface area contributed by atoms with Crippen LogP contribution < -0.4 is 5.73 Å². The molecule has 0 spiro atoms. The molecule has 3 aromatic rings. The molecule has 0 aromatic heterocycles. The van der Waals surface area contributed by atoms with E-state index in [0.717, 1.165) is 11.1 Å². The first-order valence-electron chi connectivity index (χ1n) is 14.3. The summed E-state index contributed by atoms with van der Waals surface area (Å²) in [7, 11) is 0. The third-order valence-corrected chi connectivity index (χ3v) is 8.22. The Bertz CT molecular complexity index is 1610. The van der Waals surface area contributed by atoms with Crippen LogP contribution in [-0.2, 0) is 29.3 Å². The summed E-state index contributed by atoms with van der Waals surface area (Å²) in [6, 6.07) is 16.6. The van der Waals surface area contributed by atoms with Gasteiger partial charge in [0.05, 0.1) is 23.3 Å². The van der Waals surface area contributed by atoms with E-state index >= 15 is 4.39 Å². The Balaban J connectivity index is 1.62. The number of hydrogen-bond acceptors (Lipinski definition) is 9. The Morgan fingerprint density at radius 1 is 1.00 bits per heavy atom. The lowest BCUT2D eigenvalue weighted by Crippen LogP contribution is -2.49. The van der Waals surface area contributed by atoms with Crippen molar-refractivity contribution < 1.29 is 42.9 Å². The molecule has 1 aliphatic heterocycles. The molecular weight excluding hydrogens is 663 g/mol. The summed E-state index contributed by atoms with van der Waals surface area (Å²) >= 11 is 3.35. The highest BCUT2D eigenvalue weighted by Gasteiger charge is 2.48. The Labute approximate surface area is 274 Å². The maximum Gasteiger partial charge on any atom is 0.352 e. The van der Waals surface area contributed by atoms with Crippen LogP contribution >= 0.6 is 15.9 Å². The first kappa shape index (κ1) is 34.5. The number of aryl methyl sites for hydroxylation is 2. The fourth-order valence-electron chi connectivity index (χ4n) is 5.21. The van der Waals surface area contributed by atoms with Crippen LogP contribution in [0.3, 0.4) is 0 Å². The highest BCUT2D eigenvalue weighted by molar-refractivity contribution is 9.10. The lowest BCUT2D eigenvalue weighted by molar-refractivity contribution is -0.171. The van der Waals surface area contributed by atoms with Crippen molar-refractivity contribution in [2.24, 2.45) is 11.7 Å². The van der Waals surface area contributed by atoms with Crippen LogP contribution in [0.2, 0.25) is 0 Å². The molecule has 0 saturated carbocycles. The maximum absolute atomic E-state index is 15.1. The van der Waals surface area contributed by atoms with Crippen molar-refractivity contribution in [3.8, 4) is 0 Å². The minimum absolute atomic E-state index is 0.0195. The van der Waals surface area contributed by atoms with E-state index in [1.54, 1.807) is 50.3 Å². The molecule has 1 aliphatic rings. The zero-order chi connectivity index (χ0) is 33.6. The molecule has 1 fully saturated rings. The van der Waals surface area contributed by atoms with Gasteiger partial charge in [-0.25, -0.2) is 23.6 Å². The number of benzene rings is 3. The number of carboxylic acid groups (broad SMARTS) is 1. The summed E-state index contributed by atoms with van der Waals surface area (Å²) in [5, 5.41) is 10.1. The third kappa shape index (κ3) is 8.06. The standard InChI is InChI=1S/C34H34BrFN2O8/c1-4-15-38-17-24(34(37,19-38)26-16-25(35)13-14-27(26)36)18-44-33(43)29(46-32(42)23-11-7-21(3)8-12-23)28(30(39)40)45-31(41)22-9-5-20(2)6-10-22/h4-14,16,24,28-29H,1,15,17-19,37H2,2-3H3,(H,39,40)/t24-,28-,29-,34-/m0/s1. The second-order valence-corrected chi connectivity index (χ2v) is 12.1. The molecular formula is C34H34BrFN2O8. The topological polar surface area (TPSA) is 145 Å². The van der Waals surface area contributed by atoms with Gasteiger partial charge >= 0.3 is 23.9 Å². The van der Waals surface area contributed by atoms with Gasteiger partial charge in [0, 0.05) is 35.6 Å². The summed E-state index contributed by atoms with van der Waals surface area (Å²) in [5.74, 6) is -6.36. The van der Waals surface area contributed by atoms with E-state index in [9.17, 15) is 24.3 Å². The van der Waals surface area contributed by atoms with Gasteiger partial charge in [-0.2, -0.15) is 0 Å². The number of likely N-dealkylation sites (tertiary alicyclic amines) is 1. The van der Waals surface area contributed by atoms with Crippen LogP contribution in [0, 0.1) is 25.6 Å². The molecule has 10 nitrogen and oxygen atoms in total. The summed E-state index contributed by atoms with van der Waals surface area (Å²) in [4.78, 5) is 53.9. The average Bonchev–Trinajstić information content (AvgIpc) is 3.34. The van der Waals surface area contributed by atoms with Crippen molar-refractivity contribution in [1.82, 2.24) is 4.90 Å². The SMILES string of the molecule is C=CCN1C[C@@H](COC(=O)[C@@H](OC(=O)c2ccc(C)cc2)[C@H](OC(=O)c2ccc(C)cc2)C(=O)O)[C@](N)(c2cc(Br)ccc2F)C1. The number of carbonyl (C=O) groups excluding carboxylic acids is 3. The number of nitrogens with zero attached hydrogens (tertiary/aromatic N) is 1. The molecule has 1 saturated heterocycles. The van der Waals surface area contributed by atoms with Gasteiger partial charge in [-0.05, 0) is 56.3 Å². The van der Waals surface area contributed by atoms with E-state index in [0.29, 0.717) is 11.0 Å². The average molecular weight is 698 g/mol. The maximum atomic E-state index is 15.1. The van der Waals surface area contributed by atoms with Crippen molar-refractivity contribution in [2.75, 3.05) is 26.2 Å². The zero-order valence-corrected chi connectivity index (χ0v) is 26.9. The zero-order valence-electron chi connectivity index (χ0n) is 25.3. The highest BCUT2D eigenvalue weighted by atomic mass is 79.9. The smallest absolute Gasteiger partial charge is 0.352 e. The minimum atomic E-state index is -2.26. The summed E-state index contributed by atoms with van der Waals surface area (Å²) in [6.45, 7) is 7.85. The van der Waals surface area contributed by atoms with E-state index in [4.69, 9.17) is 19.9 Å². The van der Waals surface area contributed by atoms with Crippen molar-refractivity contribution in [1.29, 1.82) is 0 Å². The Morgan fingerprint density at radius 2 is 1.54 bits per heavy atom. The number of nitrogens with two attached hydrogens (primary N) is 1. The van der Waals surface area contributed by atoms with Crippen LogP contribution in [0.1, 0.15) is 37.4 Å². The summed E-state index contributed by atoms with van der Waals surface area (Å²) in [6.07, 6.45) is -2.80. The number of carboxylic acids is 1. The van der Waals surface area contributed by atoms with Gasteiger partial charge in [0.2, 0.25) is 12.2 Å².